The first-order valence-corrected chi connectivity index (χ1v) is 5.78. The number of amides is 1. The van der Waals surface area contributed by atoms with E-state index in [-0.39, 0.29) is 0 Å². The number of rotatable bonds is 2. The number of nitrogens with one attached hydrogen (secondary N) is 2. The molecule has 0 aromatic carbocycles. The maximum absolute atomic E-state index is 11.8. The third kappa shape index (κ3) is 2.08. The van der Waals surface area contributed by atoms with Crippen molar-refractivity contribution in [2.45, 2.75) is 38.6 Å². The molecule has 2 atom stereocenters. The van der Waals surface area contributed by atoms with Crippen LogP contribution < -0.4 is 10.6 Å². The van der Waals surface area contributed by atoms with Gasteiger partial charge in [0.1, 0.15) is 0 Å². The van der Waals surface area contributed by atoms with Crippen LogP contribution in [0.15, 0.2) is 0 Å². The van der Waals surface area contributed by atoms with Crippen molar-refractivity contribution in [1.82, 2.24) is 10.6 Å². The summed E-state index contributed by atoms with van der Waals surface area (Å²) in [7, 11) is 0. The number of carbonyl (C=O) groups excluding carboxylic acids is 1. The van der Waals surface area contributed by atoms with Crippen LogP contribution in [0.4, 0.5) is 0 Å². The largest absolute Gasteiger partial charge is 0.352 e. The van der Waals surface area contributed by atoms with Crippen molar-refractivity contribution < 1.29 is 4.79 Å². The molecule has 1 saturated carbocycles. The number of hydrogen-bond acceptors (Lipinski definition) is 2. The zero-order chi connectivity index (χ0) is 9.97. The molecule has 14 heavy (non-hydrogen) atoms. The van der Waals surface area contributed by atoms with E-state index in [1.165, 1.54) is 12.8 Å². The second-order valence-corrected chi connectivity index (χ2v) is 4.73. The molecule has 0 aromatic heterocycles. The molecule has 1 saturated heterocycles. The molecular formula is C11H20N2O. The lowest BCUT2D eigenvalue weighted by Gasteiger charge is -2.18. The first kappa shape index (κ1) is 9.97. The van der Waals surface area contributed by atoms with E-state index in [9.17, 15) is 4.79 Å². The van der Waals surface area contributed by atoms with E-state index >= 15 is 0 Å². The van der Waals surface area contributed by atoms with E-state index in [0.717, 1.165) is 25.9 Å². The minimum absolute atomic E-state index is 0.294. The highest BCUT2D eigenvalue weighted by Gasteiger charge is 2.28. The zero-order valence-electron chi connectivity index (χ0n) is 8.88. The van der Waals surface area contributed by atoms with Crippen molar-refractivity contribution >= 4 is 5.91 Å². The Kier molecular flexibility index (Phi) is 3.06. The van der Waals surface area contributed by atoms with Gasteiger partial charge in [0.2, 0.25) is 5.91 Å². The first-order chi connectivity index (χ1) is 6.77. The van der Waals surface area contributed by atoms with Gasteiger partial charge < -0.3 is 10.6 Å². The predicted octanol–water partition coefficient (Wildman–Crippen LogP) is 0.901. The second-order valence-electron chi connectivity index (χ2n) is 4.73. The van der Waals surface area contributed by atoms with Crippen LogP contribution in [0.5, 0.6) is 0 Å². The van der Waals surface area contributed by atoms with Crippen LogP contribution in [0, 0.1) is 11.8 Å². The lowest BCUT2D eigenvalue weighted by molar-refractivity contribution is -0.125. The van der Waals surface area contributed by atoms with Gasteiger partial charge in [0.05, 0.1) is 0 Å². The molecule has 3 heteroatoms. The molecule has 2 rings (SSSR count). The average molecular weight is 196 g/mol. The van der Waals surface area contributed by atoms with Crippen molar-refractivity contribution in [3.63, 3.8) is 0 Å². The van der Waals surface area contributed by atoms with Crippen LogP contribution in [0.1, 0.15) is 32.6 Å². The summed E-state index contributed by atoms with van der Waals surface area (Å²) in [6, 6.07) is 0.364. The third-order valence-electron chi connectivity index (χ3n) is 3.57. The van der Waals surface area contributed by atoms with Crippen LogP contribution in [-0.4, -0.2) is 25.0 Å². The van der Waals surface area contributed by atoms with Gasteiger partial charge in [0, 0.05) is 18.5 Å². The molecule has 0 bridgehead atoms. The number of hydrogen-bond donors (Lipinski definition) is 2. The smallest absolute Gasteiger partial charge is 0.223 e. The molecule has 2 fully saturated rings. The fraction of sp³-hybridized carbons (Fsp3) is 0.909. The van der Waals surface area contributed by atoms with Gasteiger partial charge in [-0.05, 0) is 25.3 Å². The molecule has 2 aliphatic rings. The van der Waals surface area contributed by atoms with E-state index < -0.39 is 0 Å². The molecular weight excluding hydrogens is 176 g/mol. The van der Waals surface area contributed by atoms with Crippen LogP contribution in [0.2, 0.25) is 0 Å². The predicted molar refractivity (Wildman–Crippen MR) is 55.9 cm³/mol. The first-order valence-electron chi connectivity index (χ1n) is 5.78. The Morgan fingerprint density at radius 2 is 2.00 bits per heavy atom. The molecule has 2 unspecified atom stereocenters. The molecule has 1 aliphatic carbocycles. The van der Waals surface area contributed by atoms with Crippen LogP contribution in [0.3, 0.4) is 0 Å². The lowest BCUT2D eigenvalue weighted by atomic mass is 10.0. The summed E-state index contributed by atoms with van der Waals surface area (Å²) in [5.74, 6) is 1.19. The Morgan fingerprint density at radius 3 is 2.57 bits per heavy atom. The Hall–Kier alpha value is -0.570. The van der Waals surface area contributed by atoms with Crippen LogP contribution >= 0.6 is 0 Å². The van der Waals surface area contributed by atoms with Crippen molar-refractivity contribution in [3.8, 4) is 0 Å². The minimum atomic E-state index is 0.294. The van der Waals surface area contributed by atoms with Gasteiger partial charge in [-0.15, -0.1) is 0 Å². The zero-order valence-corrected chi connectivity index (χ0v) is 8.88. The standard InChI is InChI=1S/C11H20N2O/c1-8-6-12-7-10(8)13-11(14)9-4-2-3-5-9/h8-10,12H,2-7H2,1H3,(H,13,14). The van der Waals surface area contributed by atoms with Gasteiger partial charge in [0.15, 0.2) is 0 Å². The van der Waals surface area contributed by atoms with Crippen molar-refractivity contribution in [1.29, 1.82) is 0 Å². The highest BCUT2D eigenvalue weighted by Crippen LogP contribution is 2.25. The van der Waals surface area contributed by atoms with Gasteiger partial charge in [0.25, 0.3) is 0 Å². The summed E-state index contributed by atoms with van der Waals surface area (Å²) in [5.41, 5.74) is 0. The summed E-state index contributed by atoms with van der Waals surface area (Å²) in [6.45, 7) is 4.18. The molecule has 0 aromatic rings. The van der Waals surface area contributed by atoms with Crippen LogP contribution in [-0.2, 0) is 4.79 Å². The van der Waals surface area contributed by atoms with Gasteiger partial charge in [-0.1, -0.05) is 19.8 Å². The Morgan fingerprint density at radius 1 is 1.29 bits per heavy atom. The van der Waals surface area contributed by atoms with Crippen molar-refractivity contribution in [2.75, 3.05) is 13.1 Å². The monoisotopic (exact) mass is 196 g/mol. The topological polar surface area (TPSA) is 41.1 Å². The molecule has 1 heterocycles. The van der Waals surface area contributed by atoms with E-state index in [1.807, 2.05) is 0 Å². The molecule has 3 nitrogen and oxygen atoms in total. The molecule has 0 spiro atoms. The second kappa shape index (κ2) is 4.30. The molecule has 1 aliphatic heterocycles. The molecule has 1 amide bonds. The SMILES string of the molecule is CC1CNCC1NC(=O)C1CCCC1. The highest BCUT2D eigenvalue weighted by molar-refractivity contribution is 5.79. The molecule has 0 radical (unpaired) electrons. The summed E-state index contributed by atoms with van der Waals surface area (Å²) in [5, 5.41) is 6.47. The third-order valence-corrected chi connectivity index (χ3v) is 3.57. The van der Waals surface area contributed by atoms with Gasteiger partial charge in [-0.3, -0.25) is 4.79 Å². The highest BCUT2D eigenvalue weighted by atomic mass is 16.2. The van der Waals surface area contributed by atoms with E-state index in [0.29, 0.717) is 23.8 Å². The summed E-state index contributed by atoms with van der Waals surface area (Å²) in [6.07, 6.45) is 4.66. The Bertz CT molecular complexity index is 211. The summed E-state index contributed by atoms with van der Waals surface area (Å²) in [4.78, 5) is 11.8. The average Bonchev–Trinajstić information content (AvgIpc) is 2.77. The number of carbonyl (C=O) groups is 1. The van der Waals surface area contributed by atoms with Gasteiger partial charge in [-0.2, -0.15) is 0 Å². The minimum Gasteiger partial charge on any atom is -0.352 e. The van der Waals surface area contributed by atoms with Gasteiger partial charge >= 0.3 is 0 Å². The van der Waals surface area contributed by atoms with Crippen LogP contribution in [0.25, 0.3) is 0 Å². The summed E-state index contributed by atoms with van der Waals surface area (Å²) >= 11 is 0. The van der Waals surface area contributed by atoms with E-state index in [4.69, 9.17) is 0 Å². The normalized spacial score (nSPS) is 33.5. The Labute approximate surface area is 85.6 Å². The van der Waals surface area contributed by atoms with E-state index in [2.05, 4.69) is 17.6 Å². The summed E-state index contributed by atoms with van der Waals surface area (Å²) < 4.78 is 0. The van der Waals surface area contributed by atoms with Gasteiger partial charge in [-0.25, -0.2) is 0 Å². The molecule has 2 N–H and O–H groups in total. The lowest BCUT2D eigenvalue weighted by Crippen LogP contribution is -2.42. The van der Waals surface area contributed by atoms with Crippen molar-refractivity contribution in [2.24, 2.45) is 11.8 Å². The fourth-order valence-electron chi connectivity index (χ4n) is 2.49. The van der Waals surface area contributed by atoms with E-state index in [1.54, 1.807) is 0 Å². The molecule has 80 valence electrons. The maximum Gasteiger partial charge on any atom is 0.223 e. The quantitative estimate of drug-likeness (QED) is 0.689. The van der Waals surface area contributed by atoms with Crippen molar-refractivity contribution in [3.05, 3.63) is 0 Å². The fourth-order valence-corrected chi connectivity index (χ4v) is 2.49. The maximum atomic E-state index is 11.8. The Balaban J connectivity index is 1.81.